The summed E-state index contributed by atoms with van der Waals surface area (Å²) < 4.78 is 5.63. The van der Waals surface area contributed by atoms with Crippen LogP contribution in [0.5, 0.6) is 0 Å². The highest BCUT2D eigenvalue weighted by Crippen LogP contribution is 2.28. The molecule has 0 aromatic carbocycles. The van der Waals surface area contributed by atoms with Crippen LogP contribution in [0.1, 0.15) is 40.0 Å². The lowest BCUT2D eigenvalue weighted by molar-refractivity contribution is 0.494. The highest BCUT2D eigenvalue weighted by molar-refractivity contribution is 7.09. The molecule has 2 N–H and O–H groups in total. The fourth-order valence-electron chi connectivity index (χ4n) is 2.25. The van der Waals surface area contributed by atoms with Crippen LogP contribution >= 0.6 is 11.3 Å². The van der Waals surface area contributed by atoms with Crippen molar-refractivity contribution in [2.24, 2.45) is 5.73 Å². The molecule has 1 unspecified atom stereocenters. The third kappa shape index (κ3) is 2.61. The number of hydrogen-bond donors (Lipinski definition) is 1. The van der Waals surface area contributed by atoms with Crippen LogP contribution in [0.4, 0.5) is 0 Å². The number of nitrogens with two attached hydrogens (primary N) is 1. The maximum atomic E-state index is 6.27. The van der Waals surface area contributed by atoms with Gasteiger partial charge in [0.15, 0.2) is 0 Å². The lowest BCUT2D eigenvalue weighted by atomic mass is 9.99. The maximum Gasteiger partial charge on any atom is 0.106 e. The van der Waals surface area contributed by atoms with Gasteiger partial charge in [0.25, 0.3) is 0 Å². The molecule has 2 heterocycles. The molecular weight excluding hydrogens is 230 g/mol. The summed E-state index contributed by atoms with van der Waals surface area (Å²) in [6.07, 6.45) is 2.02. The zero-order chi connectivity index (χ0) is 12.4. The Bertz CT molecular complexity index is 485. The second kappa shape index (κ2) is 5.07. The molecule has 2 rings (SSSR count). The van der Waals surface area contributed by atoms with Gasteiger partial charge in [-0.25, -0.2) is 0 Å². The van der Waals surface area contributed by atoms with Crippen LogP contribution in [0, 0.1) is 20.8 Å². The Kier molecular flexibility index (Phi) is 3.69. The van der Waals surface area contributed by atoms with Crippen molar-refractivity contribution < 1.29 is 4.42 Å². The number of thiophene rings is 1. The van der Waals surface area contributed by atoms with Gasteiger partial charge in [-0.15, -0.1) is 11.3 Å². The number of aryl methyl sites for hydroxylation is 3. The van der Waals surface area contributed by atoms with E-state index < -0.39 is 0 Å². The molecule has 0 amide bonds. The van der Waals surface area contributed by atoms with Crippen molar-refractivity contribution in [3.8, 4) is 0 Å². The zero-order valence-electron chi connectivity index (χ0n) is 10.6. The van der Waals surface area contributed by atoms with Gasteiger partial charge >= 0.3 is 0 Å². The summed E-state index contributed by atoms with van der Waals surface area (Å²) >= 11 is 1.79. The van der Waals surface area contributed by atoms with Crippen LogP contribution in [0.3, 0.4) is 0 Å². The summed E-state index contributed by atoms with van der Waals surface area (Å²) in [4.78, 5) is 1.40. The molecule has 0 aliphatic carbocycles. The van der Waals surface area contributed by atoms with E-state index >= 15 is 0 Å². The van der Waals surface area contributed by atoms with Gasteiger partial charge in [0.2, 0.25) is 0 Å². The van der Waals surface area contributed by atoms with Crippen LogP contribution in [-0.4, -0.2) is 0 Å². The number of furan rings is 1. The molecule has 0 aliphatic heterocycles. The third-order valence-electron chi connectivity index (χ3n) is 3.27. The largest absolute Gasteiger partial charge is 0.466 e. The predicted molar refractivity (Wildman–Crippen MR) is 72.5 cm³/mol. The second-order valence-corrected chi connectivity index (χ2v) is 5.51. The summed E-state index contributed by atoms with van der Waals surface area (Å²) in [5, 5.41) is 2.11. The monoisotopic (exact) mass is 249 g/mol. The molecule has 2 aromatic rings. The first kappa shape index (κ1) is 12.4. The van der Waals surface area contributed by atoms with Crippen LogP contribution in [0.2, 0.25) is 0 Å². The highest BCUT2D eigenvalue weighted by atomic mass is 32.1. The van der Waals surface area contributed by atoms with Gasteiger partial charge in [-0.1, -0.05) is 6.07 Å². The topological polar surface area (TPSA) is 39.2 Å². The van der Waals surface area contributed by atoms with E-state index in [-0.39, 0.29) is 6.04 Å². The Hall–Kier alpha value is -1.06. The van der Waals surface area contributed by atoms with E-state index in [1.165, 1.54) is 16.0 Å². The van der Waals surface area contributed by atoms with Crippen molar-refractivity contribution in [1.29, 1.82) is 0 Å². The van der Waals surface area contributed by atoms with E-state index in [4.69, 9.17) is 10.2 Å². The number of rotatable bonds is 4. The molecule has 0 aliphatic rings. The van der Waals surface area contributed by atoms with E-state index in [9.17, 15) is 0 Å². The molecule has 0 radical (unpaired) electrons. The SMILES string of the molecule is Cc1oc(C)c(C(N)CCc2cccs2)c1C. The van der Waals surface area contributed by atoms with Crippen molar-refractivity contribution >= 4 is 11.3 Å². The molecule has 2 aromatic heterocycles. The summed E-state index contributed by atoms with van der Waals surface area (Å²) in [6, 6.07) is 4.33. The molecular formula is C14H19NOS. The Morgan fingerprint density at radius 1 is 1.29 bits per heavy atom. The van der Waals surface area contributed by atoms with Crippen LogP contribution in [0.25, 0.3) is 0 Å². The van der Waals surface area contributed by atoms with Crippen LogP contribution < -0.4 is 5.73 Å². The summed E-state index contributed by atoms with van der Waals surface area (Å²) in [5.74, 6) is 1.96. The normalized spacial score (nSPS) is 12.9. The fraction of sp³-hybridized carbons (Fsp3) is 0.429. The van der Waals surface area contributed by atoms with Gasteiger partial charge < -0.3 is 10.2 Å². The molecule has 2 nitrogen and oxygen atoms in total. The molecule has 17 heavy (non-hydrogen) atoms. The van der Waals surface area contributed by atoms with Gasteiger partial charge in [0, 0.05) is 16.5 Å². The molecule has 3 heteroatoms. The highest BCUT2D eigenvalue weighted by Gasteiger charge is 2.17. The number of hydrogen-bond acceptors (Lipinski definition) is 3. The molecule has 0 fully saturated rings. The molecule has 0 spiro atoms. The van der Waals surface area contributed by atoms with Gasteiger partial charge in [-0.2, -0.15) is 0 Å². The molecule has 0 saturated heterocycles. The van der Waals surface area contributed by atoms with E-state index in [1.54, 1.807) is 11.3 Å². The smallest absolute Gasteiger partial charge is 0.106 e. The zero-order valence-corrected chi connectivity index (χ0v) is 11.4. The fourth-order valence-corrected chi connectivity index (χ4v) is 2.98. The third-order valence-corrected chi connectivity index (χ3v) is 4.21. The van der Waals surface area contributed by atoms with Crippen molar-refractivity contribution in [2.75, 3.05) is 0 Å². The Morgan fingerprint density at radius 2 is 2.06 bits per heavy atom. The van der Waals surface area contributed by atoms with Gasteiger partial charge in [0.1, 0.15) is 11.5 Å². The second-order valence-electron chi connectivity index (χ2n) is 4.48. The minimum absolute atomic E-state index is 0.0783. The molecule has 1 atom stereocenters. The maximum absolute atomic E-state index is 6.27. The summed E-state index contributed by atoms with van der Waals surface area (Å²) in [7, 11) is 0. The van der Waals surface area contributed by atoms with Crippen molar-refractivity contribution in [2.45, 2.75) is 39.7 Å². The first-order chi connectivity index (χ1) is 8.09. The Morgan fingerprint density at radius 3 is 2.59 bits per heavy atom. The van der Waals surface area contributed by atoms with Crippen molar-refractivity contribution in [3.05, 3.63) is 45.0 Å². The summed E-state index contributed by atoms with van der Waals surface area (Å²) in [6.45, 7) is 6.09. The van der Waals surface area contributed by atoms with Crippen LogP contribution in [-0.2, 0) is 6.42 Å². The minimum atomic E-state index is 0.0783. The van der Waals surface area contributed by atoms with Gasteiger partial charge in [-0.3, -0.25) is 0 Å². The predicted octanol–water partition coefficient (Wildman–Crippen LogP) is 3.90. The van der Waals surface area contributed by atoms with Gasteiger partial charge in [0.05, 0.1) is 0 Å². The first-order valence-corrected chi connectivity index (χ1v) is 6.82. The average molecular weight is 249 g/mol. The lowest BCUT2D eigenvalue weighted by Crippen LogP contribution is -2.12. The van der Waals surface area contributed by atoms with E-state index in [0.29, 0.717) is 0 Å². The Labute approximate surface area is 106 Å². The van der Waals surface area contributed by atoms with Crippen LogP contribution in [0.15, 0.2) is 21.9 Å². The van der Waals surface area contributed by atoms with E-state index in [0.717, 1.165) is 24.4 Å². The quantitative estimate of drug-likeness (QED) is 0.892. The van der Waals surface area contributed by atoms with Gasteiger partial charge in [-0.05, 0) is 50.6 Å². The Balaban J connectivity index is 2.07. The minimum Gasteiger partial charge on any atom is -0.466 e. The molecule has 0 saturated carbocycles. The molecule has 92 valence electrons. The molecule has 0 bridgehead atoms. The average Bonchev–Trinajstić information content (AvgIpc) is 2.86. The first-order valence-electron chi connectivity index (χ1n) is 5.94. The standard InChI is InChI=1S/C14H19NOS/c1-9-10(2)16-11(3)14(9)13(15)7-6-12-5-4-8-17-12/h4-5,8,13H,6-7,15H2,1-3H3. The summed E-state index contributed by atoms with van der Waals surface area (Å²) in [5.41, 5.74) is 8.67. The van der Waals surface area contributed by atoms with Crippen molar-refractivity contribution in [1.82, 2.24) is 0 Å². The lowest BCUT2D eigenvalue weighted by Gasteiger charge is -2.11. The van der Waals surface area contributed by atoms with E-state index in [1.807, 2.05) is 13.8 Å². The van der Waals surface area contributed by atoms with Crippen molar-refractivity contribution in [3.63, 3.8) is 0 Å². The van der Waals surface area contributed by atoms with E-state index in [2.05, 4.69) is 24.4 Å².